The van der Waals surface area contributed by atoms with Crippen molar-refractivity contribution in [3.8, 4) is 5.75 Å². The maximum atomic E-state index is 12.7. The number of sulfonamides is 1. The van der Waals surface area contributed by atoms with Gasteiger partial charge in [0.15, 0.2) is 0 Å². The summed E-state index contributed by atoms with van der Waals surface area (Å²) in [5, 5.41) is 2.65. The Hall–Kier alpha value is -3.07. The van der Waals surface area contributed by atoms with Gasteiger partial charge in [-0.05, 0) is 56.3 Å². The van der Waals surface area contributed by atoms with Crippen LogP contribution >= 0.6 is 0 Å². The minimum atomic E-state index is -3.93. The molecule has 9 heteroatoms. The number of ether oxygens (including phenoxy) is 2. The number of carbonyl (C=O) groups excluding carboxylic acids is 2. The first-order chi connectivity index (χ1) is 13.8. The maximum Gasteiger partial charge on any atom is 0.338 e. The Morgan fingerprint density at radius 2 is 1.66 bits per heavy atom. The molecule has 2 N–H and O–H groups in total. The van der Waals surface area contributed by atoms with E-state index in [0.717, 1.165) is 0 Å². The van der Waals surface area contributed by atoms with Crippen LogP contribution in [0.2, 0.25) is 0 Å². The fourth-order valence-electron chi connectivity index (χ4n) is 2.40. The molecule has 2 aromatic rings. The Bertz CT molecular complexity index is 971. The molecule has 156 valence electrons. The zero-order chi connectivity index (χ0) is 21.4. The van der Waals surface area contributed by atoms with Gasteiger partial charge in [0.05, 0.1) is 29.4 Å². The predicted octanol–water partition coefficient (Wildman–Crippen LogP) is 3.41. The van der Waals surface area contributed by atoms with Crippen molar-refractivity contribution in [2.75, 3.05) is 23.3 Å². The van der Waals surface area contributed by atoms with Crippen molar-refractivity contribution < 1.29 is 27.5 Å². The highest BCUT2D eigenvalue weighted by molar-refractivity contribution is 7.92. The lowest BCUT2D eigenvalue weighted by Crippen LogP contribution is -2.15. The fourth-order valence-corrected chi connectivity index (χ4v) is 3.48. The SMILES string of the molecule is CCOC(=O)c1ccc(NS(=O)(=O)c2ccc(OCC)c(NC(=O)CC)c2)cc1. The topological polar surface area (TPSA) is 111 Å². The van der Waals surface area contributed by atoms with E-state index in [0.29, 0.717) is 17.9 Å². The number of benzene rings is 2. The molecule has 0 aliphatic carbocycles. The van der Waals surface area contributed by atoms with E-state index < -0.39 is 16.0 Å². The highest BCUT2D eigenvalue weighted by Gasteiger charge is 2.18. The molecule has 0 saturated heterocycles. The Balaban J connectivity index is 2.27. The molecule has 2 aromatic carbocycles. The summed E-state index contributed by atoms with van der Waals surface area (Å²) in [7, 11) is -3.93. The molecule has 0 heterocycles. The smallest absolute Gasteiger partial charge is 0.338 e. The van der Waals surface area contributed by atoms with Gasteiger partial charge in [-0.25, -0.2) is 13.2 Å². The van der Waals surface area contributed by atoms with Gasteiger partial charge in [-0.3, -0.25) is 9.52 Å². The van der Waals surface area contributed by atoms with Crippen LogP contribution in [0.15, 0.2) is 47.4 Å². The van der Waals surface area contributed by atoms with E-state index >= 15 is 0 Å². The van der Waals surface area contributed by atoms with Gasteiger partial charge in [-0.2, -0.15) is 0 Å². The summed E-state index contributed by atoms with van der Waals surface area (Å²) in [6, 6.07) is 10.1. The molecule has 0 saturated carbocycles. The summed E-state index contributed by atoms with van der Waals surface area (Å²) in [6.07, 6.45) is 0.244. The Morgan fingerprint density at radius 1 is 0.966 bits per heavy atom. The maximum absolute atomic E-state index is 12.7. The first-order valence-corrected chi connectivity index (χ1v) is 10.7. The second-order valence-electron chi connectivity index (χ2n) is 5.90. The van der Waals surface area contributed by atoms with Crippen molar-refractivity contribution in [2.24, 2.45) is 0 Å². The second-order valence-corrected chi connectivity index (χ2v) is 7.58. The number of anilines is 2. The minimum absolute atomic E-state index is 0.0400. The van der Waals surface area contributed by atoms with Gasteiger partial charge >= 0.3 is 5.97 Å². The molecule has 0 aromatic heterocycles. The van der Waals surface area contributed by atoms with Crippen molar-refractivity contribution in [3.63, 3.8) is 0 Å². The van der Waals surface area contributed by atoms with Gasteiger partial charge in [-0.15, -0.1) is 0 Å². The van der Waals surface area contributed by atoms with Gasteiger partial charge in [0.1, 0.15) is 5.75 Å². The summed E-state index contributed by atoms with van der Waals surface area (Å²) >= 11 is 0. The molecular weight excluding hydrogens is 396 g/mol. The predicted molar refractivity (Wildman–Crippen MR) is 110 cm³/mol. The number of esters is 1. The van der Waals surface area contributed by atoms with Crippen LogP contribution in [0.3, 0.4) is 0 Å². The molecule has 0 aliphatic heterocycles. The monoisotopic (exact) mass is 420 g/mol. The summed E-state index contributed by atoms with van der Waals surface area (Å²) in [4.78, 5) is 23.4. The molecule has 1 amide bonds. The second kappa shape index (κ2) is 9.92. The molecule has 0 aliphatic rings. The lowest BCUT2D eigenvalue weighted by Gasteiger charge is -2.14. The van der Waals surface area contributed by atoms with E-state index in [9.17, 15) is 18.0 Å². The van der Waals surface area contributed by atoms with Crippen LogP contribution in [-0.2, 0) is 19.6 Å². The summed E-state index contributed by atoms with van der Waals surface area (Å²) in [5.74, 6) is -0.361. The molecule has 29 heavy (non-hydrogen) atoms. The van der Waals surface area contributed by atoms with Gasteiger partial charge in [0.25, 0.3) is 10.0 Å². The van der Waals surface area contributed by atoms with Crippen molar-refractivity contribution in [1.82, 2.24) is 0 Å². The van der Waals surface area contributed by atoms with E-state index in [1.165, 1.54) is 42.5 Å². The third-order valence-electron chi connectivity index (χ3n) is 3.80. The molecule has 0 fully saturated rings. The normalized spacial score (nSPS) is 10.9. The first-order valence-electron chi connectivity index (χ1n) is 9.17. The summed E-state index contributed by atoms with van der Waals surface area (Å²) in [5.41, 5.74) is 0.880. The summed E-state index contributed by atoms with van der Waals surface area (Å²) < 4.78 is 38.3. The third-order valence-corrected chi connectivity index (χ3v) is 5.18. The van der Waals surface area contributed by atoms with Crippen LogP contribution in [0, 0.1) is 0 Å². The fraction of sp³-hybridized carbons (Fsp3) is 0.300. The Kier molecular flexibility index (Phi) is 7.60. The zero-order valence-electron chi connectivity index (χ0n) is 16.5. The lowest BCUT2D eigenvalue weighted by atomic mass is 10.2. The van der Waals surface area contributed by atoms with Crippen molar-refractivity contribution in [1.29, 1.82) is 0 Å². The Morgan fingerprint density at radius 3 is 2.24 bits per heavy atom. The van der Waals surface area contributed by atoms with E-state index in [1.807, 2.05) is 0 Å². The first kappa shape index (κ1) is 22.2. The third kappa shape index (κ3) is 5.95. The number of carbonyl (C=O) groups is 2. The van der Waals surface area contributed by atoms with Gasteiger partial charge < -0.3 is 14.8 Å². The molecule has 0 unspecified atom stereocenters. The van der Waals surface area contributed by atoms with Crippen LogP contribution < -0.4 is 14.8 Å². The summed E-state index contributed by atoms with van der Waals surface area (Å²) in [6.45, 7) is 5.80. The lowest BCUT2D eigenvalue weighted by molar-refractivity contribution is -0.115. The average Bonchev–Trinajstić information content (AvgIpc) is 2.69. The number of rotatable bonds is 9. The average molecular weight is 420 g/mol. The number of hydrogen-bond acceptors (Lipinski definition) is 6. The van der Waals surface area contributed by atoms with Gasteiger partial charge in [0.2, 0.25) is 5.91 Å². The molecule has 8 nitrogen and oxygen atoms in total. The highest BCUT2D eigenvalue weighted by Crippen LogP contribution is 2.29. The van der Waals surface area contributed by atoms with Crippen LogP contribution in [-0.4, -0.2) is 33.5 Å². The van der Waals surface area contributed by atoms with Crippen LogP contribution in [0.1, 0.15) is 37.6 Å². The molecule has 0 radical (unpaired) electrons. The van der Waals surface area contributed by atoms with Crippen LogP contribution in [0.25, 0.3) is 0 Å². The zero-order valence-corrected chi connectivity index (χ0v) is 17.3. The van der Waals surface area contributed by atoms with E-state index in [1.54, 1.807) is 20.8 Å². The number of hydrogen-bond donors (Lipinski definition) is 2. The highest BCUT2D eigenvalue weighted by atomic mass is 32.2. The number of amides is 1. The quantitative estimate of drug-likeness (QED) is 0.602. The largest absolute Gasteiger partial charge is 0.492 e. The molecular formula is C20H24N2O6S. The van der Waals surface area contributed by atoms with Crippen molar-refractivity contribution in [3.05, 3.63) is 48.0 Å². The van der Waals surface area contributed by atoms with Gasteiger partial charge in [-0.1, -0.05) is 6.92 Å². The van der Waals surface area contributed by atoms with Gasteiger partial charge in [0, 0.05) is 12.1 Å². The van der Waals surface area contributed by atoms with Crippen LogP contribution in [0.5, 0.6) is 5.75 Å². The molecule has 2 rings (SSSR count). The molecule has 0 atom stereocenters. The van der Waals surface area contributed by atoms with E-state index in [4.69, 9.17) is 9.47 Å². The number of nitrogens with one attached hydrogen (secondary N) is 2. The minimum Gasteiger partial charge on any atom is -0.492 e. The van der Waals surface area contributed by atoms with Crippen molar-refractivity contribution >= 4 is 33.3 Å². The van der Waals surface area contributed by atoms with Crippen LogP contribution in [0.4, 0.5) is 11.4 Å². The molecule has 0 spiro atoms. The van der Waals surface area contributed by atoms with E-state index in [2.05, 4.69) is 10.0 Å². The van der Waals surface area contributed by atoms with E-state index in [-0.39, 0.29) is 35.2 Å². The van der Waals surface area contributed by atoms with Crippen molar-refractivity contribution in [2.45, 2.75) is 32.1 Å². The standard InChI is InChI=1S/C20H24N2O6S/c1-4-19(23)21-17-13-16(11-12-18(17)27-5-2)29(25,26)22-15-9-7-14(8-10-15)20(24)28-6-3/h7-13,22H,4-6H2,1-3H3,(H,21,23). The molecule has 0 bridgehead atoms. The Labute approximate surface area is 170 Å².